The van der Waals surface area contributed by atoms with E-state index in [2.05, 4.69) is 11.2 Å². The largest absolute Gasteiger partial charge is 0.480 e. The van der Waals surface area contributed by atoms with E-state index in [9.17, 15) is 9.90 Å². The molecule has 1 atom stereocenters. The van der Waals surface area contributed by atoms with Gasteiger partial charge in [-0.1, -0.05) is 0 Å². The summed E-state index contributed by atoms with van der Waals surface area (Å²) in [5.74, 6) is 0.456. The number of carboxylic acids is 1. The average molecular weight is 231 g/mol. The maximum Gasteiger partial charge on any atom is 0.323 e. The molecule has 0 aromatic carbocycles. The van der Waals surface area contributed by atoms with Crippen molar-refractivity contribution in [1.82, 2.24) is 4.90 Å². The average Bonchev–Trinajstić information content (AvgIpc) is 2.21. The van der Waals surface area contributed by atoms with Gasteiger partial charge in [0.1, 0.15) is 5.54 Å². The summed E-state index contributed by atoms with van der Waals surface area (Å²) in [5.41, 5.74) is -0.614. The third-order valence-corrected chi connectivity index (χ3v) is 3.97. The van der Waals surface area contributed by atoms with Crippen molar-refractivity contribution >= 4 is 17.7 Å². The minimum atomic E-state index is -0.661. The van der Waals surface area contributed by atoms with Gasteiger partial charge in [-0.15, -0.1) is 0 Å². The predicted molar refractivity (Wildman–Crippen MR) is 64.5 cm³/mol. The zero-order valence-electron chi connectivity index (χ0n) is 9.66. The summed E-state index contributed by atoms with van der Waals surface area (Å²) in [6, 6.07) is 0. The van der Waals surface area contributed by atoms with Gasteiger partial charge in [0, 0.05) is 6.54 Å². The van der Waals surface area contributed by atoms with E-state index in [1.807, 2.05) is 18.7 Å². The Morgan fingerprint density at radius 3 is 2.87 bits per heavy atom. The quantitative estimate of drug-likeness (QED) is 0.735. The van der Waals surface area contributed by atoms with Crippen molar-refractivity contribution in [3.8, 4) is 0 Å². The molecular formula is C11H21NO2S. The number of carboxylic acid groups (broad SMARTS) is 1. The highest BCUT2D eigenvalue weighted by molar-refractivity contribution is 7.98. The lowest BCUT2D eigenvalue weighted by Gasteiger charge is -2.41. The topological polar surface area (TPSA) is 40.5 Å². The van der Waals surface area contributed by atoms with Gasteiger partial charge in [-0.3, -0.25) is 9.69 Å². The fourth-order valence-electron chi connectivity index (χ4n) is 2.18. The van der Waals surface area contributed by atoms with Crippen LogP contribution in [-0.2, 0) is 4.79 Å². The second kappa shape index (κ2) is 5.75. The Kier molecular flexibility index (Phi) is 4.93. The number of aliphatic carboxylic acids is 1. The van der Waals surface area contributed by atoms with E-state index in [1.165, 1.54) is 0 Å². The van der Waals surface area contributed by atoms with Crippen molar-refractivity contribution in [2.45, 2.75) is 38.1 Å². The first-order chi connectivity index (χ1) is 7.11. The Bertz CT molecular complexity index is 223. The van der Waals surface area contributed by atoms with Crippen LogP contribution in [0.5, 0.6) is 0 Å². The van der Waals surface area contributed by atoms with Crippen LogP contribution >= 0.6 is 11.8 Å². The minimum absolute atomic E-state index is 0.614. The van der Waals surface area contributed by atoms with Gasteiger partial charge in [0.15, 0.2) is 0 Å². The summed E-state index contributed by atoms with van der Waals surface area (Å²) in [7, 11) is 0. The highest BCUT2D eigenvalue weighted by Crippen LogP contribution is 2.28. The molecule has 0 bridgehead atoms. The van der Waals surface area contributed by atoms with Gasteiger partial charge in [0.25, 0.3) is 0 Å². The molecule has 1 fully saturated rings. The zero-order valence-corrected chi connectivity index (χ0v) is 10.5. The lowest BCUT2D eigenvalue weighted by atomic mass is 9.88. The molecule has 3 nitrogen and oxygen atoms in total. The van der Waals surface area contributed by atoms with E-state index >= 15 is 0 Å². The molecule has 1 unspecified atom stereocenters. The molecule has 0 aromatic rings. The molecule has 0 saturated carbocycles. The molecule has 0 radical (unpaired) electrons. The van der Waals surface area contributed by atoms with Crippen molar-refractivity contribution in [3.63, 3.8) is 0 Å². The van der Waals surface area contributed by atoms with Crippen molar-refractivity contribution in [3.05, 3.63) is 0 Å². The highest BCUT2D eigenvalue weighted by Gasteiger charge is 2.40. The summed E-state index contributed by atoms with van der Waals surface area (Å²) in [4.78, 5) is 13.4. The number of nitrogens with zero attached hydrogens (tertiary/aromatic N) is 1. The molecule has 15 heavy (non-hydrogen) atoms. The van der Waals surface area contributed by atoms with Crippen LogP contribution in [0.4, 0.5) is 0 Å². The van der Waals surface area contributed by atoms with E-state index in [0.717, 1.165) is 44.5 Å². The Morgan fingerprint density at radius 2 is 2.27 bits per heavy atom. The SMILES string of the molecule is CSCCCN1CCCCC1(C)C(=O)O. The smallest absolute Gasteiger partial charge is 0.323 e. The fourth-order valence-corrected chi connectivity index (χ4v) is 2.60. The summed E-state index contributed by atoms with van der Waals surface area (Å²) < 4.78 is 0. The van der Waals surface area contributed by atoms with Crippen LogP contribution in [0.25, 0.3) is 0 Å². The maximum atomic E-state index is 11.3. The molecule has 1 rings (SSSR count). The van der Waals surface area contributed by atoms with Crippen LogP contribution in [-0.4, -0.2) is 46.6 Å². The maximum absolute atomic E-state index is 11.3. The Labute approximate surface area is 96.2 Å². The number of likely N-dealkylation sites (tertiary alicyclic amines) is 1. The normalized spacial score (nSPS) is 27.9. The van der Waals surface area contributed by atoms with Gasteiger partial charge in [-0.25, -0.2) is 0 Å². The monoisotopic (exact) mass is 231 g/mol. The fraction of sp³-hybridized carbons (Fsp3) is 0.909. The van der Waals surface area contributed by atoms with Crippen molar-refractivity contribution in [2.75, 3.05) is 25.1 Å². The van der Waals surface area contributed by atoms with E-state index in [-0.39, 0.29) is 0 Å². The van der Waals surface area contributed by atoms with Crippen LogP contribution in [0.1, 0.15) is 32.6 Å². The lowest BCUT2D eigenvalue weighted by molar-refractivity contribution is -0.152. The number of hydrogen-bond donors (Lipinski definition) is 1. The predicted octanol–water partition coefficient (Wildman–Crippen LogP) is 2.07. The number of piperidine rings is 1. The van der Waals surface area contributed by atoms with Gasteiger partial charge in [-0.2, -0.15) is 11.8 Å². The van der Waals surface area contributed by atoms with Crippen LogP contribution in [0.2, 0.25) is 0 Å². The summed E-state index contributed by atoms with van der Waals surface area (Å²) in [6.45, 7) is 3.73. The van der Waals surface area contributed by atoms with Crippen molar-refractivity contribution < 1.29 is 9.90 Å². The molecule has 0 amide bonds. The molecule has 0 spiro atoms. The number of carbonyl (C=O) groups is 1. The van der Waals surface area contributed by atoms with Gasteiger partial charge in [-0.05, 0) is 51.2 Å². The number of thioether (sulfide) groups is 1. The molecule has 1 heterocycles. The molecule has 1 aliphatic heterocycles. The van der Waals surface area contributed by atoms with Crippen molar-refractivity contribution in [2.24, 2.45) is 0 Å². The molecule has 4 heteroatoms. The first kappa shape index (κ1) is 12.8. The Balaban J connectivity index is 2.53. The van der Waals surface area contributed by atoms with E-state index in [4.69, 9.17) is 0 Å². The molecule has 1 N–H and O–H groups in total. The third kappa shape index (κ3) is 3.11. The zero-order chi connectivity index (χ0) is 11.3. The molecule has 88 valence electrons. The summed E-state index contributed by atoms with van der Waals surface area (Å²) in [5, 5.41) is 9.28. The number of hydrogen-bond acceptors (Lipinski definition) is 3. The standard InChI is InChI=1S/C11H21NO2S/c1-11(10(13)14)6-3-4-7-12(11)8-5-9-15-2/h3-9H2,1-2H3,(H,13,14). The Morgan fingerprint density at radius 1 is 1.53 bits per heavy atom. The second-order valence-corrected chi connectivity index (χ2v) is 5.36. The number of rotatable bonds is 5. The Hall–Kier alpha value is -0.220. The molecule has 0 aromatic heterocycles. The molecule has 0 aliphatic carbocycles. The van der Waals surface area contributed by atoms with Crippen LogP contribution < -0.4 is 0 Å². The van der Waals surface area contributed by atoms with Gasteiger partial charge in [0.05, 0.1) is 0 Å². The first-order valence-corrected chi connectivity index (χ1v) is 6.98. The highest BCUT2D eigenvalue weighted by atomic mass is 32.2. The molecule has 1 aliphatic rings. The van der Waals surface area contributed by atoms with E-state index < -0.39 is 11.5 Å². The van der Waals surface area contributed by atoms with Gasteiger partial charge in [0.2, 0.25) is 0 Å². The van der Waals surface area contributed by atoms with Crippen LogP contribution in [0.3, 0.4) is 0 Å². The molecular weight excluding hydrogens is 210 g/mol. The van der Waals surface area contributed by atoms with Gasteiger partial charge >= 0.3 is 5.97 Å². The van der Waals surface area contributed by atoms with Crippen LogP contribution in [0.15, 0.2) is 0 Å². The summed E-state index contributed by atoms with van der Waals surface area (Å²) in [6.07, 6.45) is 6.15. The first-order valence-electron chi connectivity index (χ1n) is 5.58. The third-order valence-electron chi connectivity index (χ3n) is 3.28. The van der Waals surface area contributed by atoms with Gasteiger partial charge < -0.3 is 5.11 Å². The molecule has 1 saturated heterocycles. The minimum Gasteiger partial charge on any atom is -0.480 e. The second-order valence-electron chi connectivity index (χ2n) is 4.37. The van der Waals surface area contributed by atoms with Crippen LogP contribution in [0, 0.1) is 0 Å². The lowest BCUT2D eigenvalue weighted by Crippen LogP contribution is -2.55. The van der Waals surface area contributed by atoms with E-state index in [1.54, 1.807) is 0 Å². The summed E-state index contributed by atoms with van der Waals surface area (Å²) >= 11 is 1.82. The van der Waals surface area contributed by atoms with Crippen molar-refractivity contribution in [1.29, 1.82) is 0 Å². The van der Waals surface area contributed by atoms with E-state index in [0.29, 0.717) is 0 Å².